The lowest BCUT2D eigenvalue weighted by molar-refractivity contribution is 0.0992. The normalized spacial score (nSPS) is 10.9. The molecule has 0 N–H and O–H groups in total. The van der Waals surface area contributed by atoms with Crippen molar-refractivity contribution in [3.63, 3.8) is 0 Å². The van der Waals surface area contributed by atoms with Gasteiger partial charge in [-0.2, -0.15) is 0 Å². The van der Waals surface area contributed by atoms with E-state index in [-0.39, 0.29) is 11.6 Å². The summed E-state index contributed by atoms with van der Waals surface area (Å²) in [5.41, 5.74) is 1.54. The predicted molar refractivity (Wildman–Crippen MR) is 84.0 cm³/mol. The lowest BCUT2D eigenvalue weighted by Gasteiger charge is -2.03. The molecule has 0 saturated carbocycles. The van der Waals surface area contributed by atoms with Crippen LogP contribution in [0.25, 0.3) is 10.1 Å². The van der Waals surface area contributed by atoms with Crippen LogP contribution in [0.1, 0.15) is 15.9 Å². The van der Waals surface area contributed by atoms with Gasteiger partial charge in [-0.25, -0.2) is 4.39 Å². The van der Waals surface area contributed by atoms with Gasteiger partial charge >= 0.3 is 0 Å². The fourth-order valence-corrected chi connectivity index (χ4v) is 3.69. The lowest BCUT2D eigenvalue weighted by atomic mass is 10.0. The van der Waals surface area contributed by atoms with Crippen LogP contribution in [-0.2, 0) is 6.42 Å². The van der Waals surface area contributed by atoms with E-state index < -0.39 is 0 Å². The standard InChI is InChI=1S/C16H10BrFOS/c17-14-8-11(18)5-6-13(14)15(19)7-10-9-20-16-4-2-1-3-12(10)16/h1-6,8-9H,7H2. The zero-order chi connectivity index (χ0) is 14.1. The number of carbonyl (C=O) groups excluding carboxylic acids is 1. The molecule has 3 rings (SSSR count). The Morgan fingerprint density at radius 1 is 1.20 bits per heavy atom. The molecule has 0 aliphatic carbocycles. The molecule has 0 fully saturated rings. The van der Waals surface area contributed by atoms with Crippen molar-refractivity contribution < 1.29 is 9.18 Å². The molecule has 1 heterocycles. The summed E-state index contributed by atoms with van der Waals surface area (Å²) in [6.45, 7) is 0. The average molecular weight is 349 g/mol. The van der Waals surface area contributed by atoms with Crippen LogP contribution in [0.2, 0.25) is 0 Å². The smallest absolute Gasteiger partial charge is 0.168 e. The Kier molecular flexibility index (Phi) is 3.68. The molecule has 0 aliphatic rings. The first-order chi connectivity index (χ1) is 9.65. The highest BCUT2D eigenvalue weighted by atomic mass is 79.9. The summed E-state index contributed by atoms with van der Waals surface area (Å²) >= 11 is 4.88. The molecule has 0 radical (unpaired) electrons. The first-order valence-corrected chi connectivity index (χ1v) is 7.76. The Bertz CT molecular complexity index is 794. The molecule has 0 spiro atoms. The second kappa shape index (κ2) is 5.46. The zero-order valence-corrected chi connectivity index (χ0v) is 12.8. The molecule has 0 saturated heterocycles. The molecule has 1 nitrogen and oxygen atoms in total. The highest BCUT2D eigenvalue weighted by Gasteiger charge is 2.14. The lowest BCUT2D eigenvalue weighted by Crippen LogP contribution is -2.04. The van der Waals surface area contributed by atoms with E-state index in [1.807, 2.05) is 29.6 Å². The number of carbonyl (C=O) groups is 1. The van der Waals surface area contributed by atoms with Gasteiger partial charge < -0.3 is 0 Å². The quantitative estimate of drug-likeness (QED) is 0.592. The molecule has 100 valence electrons. The van der Waals surface area contributed by atoms with Gasteiger partial charge in [-0.3, -0.25) is 4.79 Å². The number of ketones is 1. The third-order valence-corrected chi connectivity index (χ3v) is 4.81. The van der Waals surface area contributed by atoms with Crippen molar-refractivity contribution in [1.82, 2.24) is 0 Å². The van der Waals surface area contributed by atoms with Gasteiger partial charge in [0.1, 0.15) is 5.82 Å². The molecular weight excluding hydrogens is 339 g/mol. The van der Waals surface area contributed by atoms with Crippen LogP contribution in [0.15, 0.2) is 52.3 Å². The molecule has 0 aliphatic heterocycles. The van der Waals surface area contributed by atoms with Crippen molar-refractivity contribution in [2.24, 2.45) is 0 Å². The predicted octanol–water partition coefficient (Wildman–Crippen LogP) is 5.23. The van der Waals surface area contributed by atoms with Crippen molar-refractivity contribution in [2.75, 3.05) is 0 Å². The minimum absolute atomic E-state index is 0.0135. The summed E-state index contributed by atoms with van der Waals surface area (Å²) < 4.78 is 14.7. The fourth-order valence-electron chi connectivity index (χ4n) is 2.15. The number of halogens is 2. The van der Waals surface area contributed by atoms with E-state index in [2.05, 4.69) is 15.9 Å². The van der Waals surface area contributed by atoms with E-state index in [1.165, 1.54) is 22.9 Å². The van der Waals surface area contributed by atoms with Gasteiger partial charge in [-0.1, -0.05) is 18.2 Å². The Labute approximate surface area is 128 Å². The van der Waals surface area contributed by atoms with Crippen LogP contribution in [0.3, 0.4) is 0 Å². The Morgan fingerprint density at radius 3 is 2.80 bits per heavy atom. The molecule has 4 heteroatoms. The van der Waals surface area contributed by atoms with Gasteiger partial charge in [0.25, 0.3) is 0 Å². The van der Waals surface area contributed by atoms with Gasteiger partial charge in [0.05, 0.1) is 0 Å². The Balaban J connectivity index is 1.92. The molecule has 1 aromatic heterocycles. The van der Waals surface area contributed by atoms with Crippen molar-refractivity contribution in [1.29, 1.82) is 0 Å². The third-order valence-electron chi connectivity index (χ3n) is 3.14. The van der Waals surface area contributed by atoms with Crippen LogP contribution < -0.4 is 0 Å². The van der Waals surface area contributed by atoms with Crippen LogP contribution in [0.5, 0.6) is 0 Å². The minimum atomic E-state index is -0.352. The highest BCUT2D eigenvalue weighted by Crippen LogP contribution is 2.27. The molecular formula is C16H10BrFOS. The molecule has 20 heavy (non-hydrogen) atoms. The number of hydrogen-bond donors (Lipinski definition) is 0. The molecule has 0 atom stereocenters. The molecule has 2 aromatic carbocycles. The van der Waals surface area contributed by atoms with E-state index in [0.29, 0.717) is 16.5 Å². The Hall–Kier alpha value is -1.52. The van der Waals surface area contributed by atoms with E-state index in [1.54, 1.807) is 11.3 Å². The monoisotopic (exact) mass is 348 g/mol. The zero-order valence-electron chi connectivity index (χ0n) is 10.4. The van der Waals surface area contributed by atoms with Gasteiger partial charge in [-0.05, 0) is 56.5 Å². The van der Waals surface area contributed by atoms with E-state index in [0.717, 1.165) is 10.9 Å². The van der Waals surface area contributed by atoms with Gasteiger partial charge in [0.2, 0.25) is 0 Å². The second-order valence-electron chi connectivity index (χ2n) is 4.48. The number of rotatable bonds is 3. The fraction of sp³-hybridized carbons (Fsp3) is 0.0625. The number of thiophene rings is 1. The summed E-state index contributed by atoms with van der Waals surface area (Å²) in [5.74, 6) is -0.366. The minimum Gasteiger partial charge on any atom is -0.294 e. The van der Waals surface area contributed by atoms with Crippen LogP contribution in [0, 0.1) is 5.82 Å². The highest BCUT2D eigenvalue weighted by molar-refractivity contribution is 9.10. The van der Waals surface area contributed by atoms with Crippen molar-refractivity contribution in [3.05, 3.63) is 69.3 Å². The van der Waals surface area contributed by atoms with Crippen molar-refractivity contribution >= 4 is 43.1 Å². The third kappa shape index (κ3) is 2.53. The van der Waals surface area contributed by atoms with Crippen LogP contribution in [0.4, 0.5) is 4.39 Å². The number of hydrogen-bond acceptors (Lipinski definition) is 2. The average Bonchev–Trinajstić information content (AvgIpc) is 2.82. The van der Waals surface area contributed by atoms with Gasteiger partial charge in [-0.15, -0.1) is 11.3 Å². The molecule has 0 unspecified atom stereocenters. The summed E-state index contributed by atoms with van der Waals surface area (Å²) in [7, 11) is 0. The maximum atomic E-state index is 13.1. The van der Waals surface area contributed by atoms with Crippen molar-refractivity contribution in [3.8, 4) is 0 Å². The number of benzene rings is 2. The largest absolute Gasteiger partial charge is 0.294 e. The number of Topliss-reactive ketones (excluding diaryl/α,β-unsaturated/α-hetero) is 1. The van der Waals surface area contributed by atoms with E-state index in [9.17, 15) is 9.18 Å². The van der Waals surface area contributed by atoms with Crippen molar-refractivity contribution in [2.45, 2.75) is 6.42 Å². The first-order valence-electron chi connectivity index (χ1n) is 6.08. The number of fused-ring (bicyclic) bond motifs is 1. The van der Waals surface area contributed by atoms with E-state index in [4.69, 9.17) is 0 Å². The van der Waals surface area contributed by atoms with Crippen LogP contribution >= 0.6 is 27.3 Å². The summed E-state index contributed by atoms with van der Waals surface area (Å²) in [6.07, 6.45) is 0.328. The topological polar surface area (TPSA) is 17.1 Å². The molecule has 0 bridgehead atoms. The SMILES string of the molecule is O=C(Cc1csc2ccccc12)c1ccc(F)cc1Br. The summed E-state index contributed by atoms with van der Waals surface area (Å²) in [6, 6.07) is 12.2. The Morgan fingerprint density at radius 2 is 2.00 bits per heavy atom. The molecule has 0 amide bonds. The van der Waals surface area contributed by atoms with E-state index >= 15 is 0 Å². The maximum Gasteiger partial charge on any atom is 0.168 e. The first kappa shape index (κ1) is 13.5. The van der Waals surface area contributed by atoms with Crippen LogP contribution in [-0.4, -0.2) is 5.78 Å². The summed E-state index contributed by atoms with van der Waals surface area (Å²) in [4.78, 5) is 12.3. The van der Waals surface area contributed by atoms with Gasteiger partial charge in [0, 0.05) is 21.2 Å². The summed E-state index contributed by atoms with van der Waals surface area (Å²) in [5, 5.41) is 3.13. The maximum absolute atomic E-state index is 13.1. The molecule has 3 aromatic rings. The second-order valence-corrected chi connectivity index (χ2v) is 6.25. The van der Waals surface area contributed by atoms with Gasteiger partial charge in [0.15, 0.2) is 5.78 Å².